The fourth-order valence-corrected chi connectivity index (χ4v) is 8.37. The molecule has 4 aliphatic rings. The van der Waals surface area contributed by atoms with Gasteiger partial charge in [0.1, 0.15) is 24.7 Å². The number of anilines is 1. The molecule has 1 fully saturated rings. The smallest absolute Gasteiger partial charge is 0.333 e. The Morgan fingerprint density at radius 1 is 0.877 bits per heavy atom. The number of benzene rings is 2. The van der Waals surface area contributed by atoms with Gasteiger partial charge >= 0.3 is 5.97 Å². The SMILES string of the molecule is CC[N+](CCOCCOCCOCCOC)=c1ccc2c(C(C)(C)C)cc(/C=C/C=C/C=C3/N(CCCCCC(=O)ON4C(=O)CCC4=O)c4ccc(S(=O)(=O)O)cc4C3(C)C)oc-2c1. The minimum atomic E-state index is -4.43. The molecule has 5 rings (SSSR count). The topological polar surface area (TPSA) is 174 Å². The number of allylic oxidation sites excluding steroid dienone is 5. The van der Waals surface area contributed by atoms with Crippen LogP contribution < -0.4 is 14.8 Å². The van der Waals surface area contributed by atoms with Crippen molar-refractivity contribution in [1.82, 2.24) is 9.64 Å². The lowest BCUT2D eigenvalue weighted by atomic mass is 9.83. The predicted molar refractivity (Wildman–Crippen MR) is 248 cm³/mol. The Morgan fingerprint density at radius 2 is 1.55 bits per heavy atom. The summed E-state index contributed by atoms with van der Waals surface area (Å²) >= 11 is 0. The molecule has 3 aliphatic heterocycles. The summed E-state index contributed by atoms with van der Waals surface area (Å²) in [5.74, 6) is -0.188. The number of methoxy groups -OCH3 is 1. The van der Waals surface area contributed by atoms with Gasteiger partial charge in [-0.3, -0.25) is 14.1 Å². The van der Waals surface area contributed by atoms with Gasteiger partial charge in [0.15, 0.2) is 6.54 Å². The molecule has 0 radical (unpaired) electrons. The molecule has 354 valence electrons. The molecule has 2 amide bonds. The third-order valence-electron chi connectivity index (χ3n) is 11.4. The van der Waals surface area contributed by atoms with Crippen LogP contribution in [-0.4, -0.2) is 109 Å². The van der Waals surface area contributed by atoms with Crippen molar-refractivity contribution in [3.63, 3.8) is 0 Å². The fraction of sp³-hybridized carbons (Fsp3) is 0.510. The average Bonchev–Trinajstić information content (AvgIpc) is 3.68. The van der Waals surface area contributed by atoms with Gasteiger partial charge in [0.05, 0.1) is 50.6 Å². The van der Waals surface area contributed by atoms with E-state index in [-0.39, 0.29) is 29.6 Å². The van der Waals surface area contributed by atoms with Crippen molar-refractivity contribution in [1.29, 1.82) is 0 Å². The van der Waals surface area contributed by atoms with Crippen molar-refractivity contribution in [2.45, 2.75) is 95.8 Å². The molecule has 1 aromatic carbocycles. The van der Waals surface area contributed by atoms with Crippen molar-refractivity contribution >= 4 is 39.7 Å². The van der Waals surface area contributed by atoms with Crippen molar-refractivity contribution in [2.24, 2.45) is 0 Å². The van der Waals surface area contributed by atoms with Crippen LogP contribution in [0.2, 0.25) is 0 Å². The number of hydrogen-bond acceptors (Lipinski definition) is 12. The number of hydroxylamine groups is 2. The summed E-state index contributed by atoms with van der Waals surface area (Å²) in [6, 6.07) is 13.1. The van der Waals surface area contributed by atoms with Crippen LogP contribution in [-0.2, 0) is 59.1 Å². The van der Waals surface area contributed by atoms with Crippen LogP contribution in [0.15, 0.2) is 81.8 Å². The Labute approximate surface area is 383 Å². The zero-order chi connectivity index (χ0) is 47.2. The first kappa shape index (κ1) is 51.0. The lowest BCUT2D eigenvalue weighted by molar-refractivity contribution is -0.197. The highest BCUT2D eigenvalue weighted by Gasteiger charge is 2.40. The number of rotatable bonds is 24. The van der Waals surface area contributed by atoms with E-state index in [1.54, 1.807) is 13.2 Å². The molecule has 15 nitrogen and oxygen atoms in total. The first-order valence-electron chi connectivity index (χ1n) is 22.4. The number of fused-ring (bicyclic) bond motifs is 2. The van der Waals surface area contributed by atoms with Crippen LogP contribution in [0.5, 0.6) is 0 Å². The van der Waals surface area contributed by atoms with Gasteiger partial charge in [0.25, 0.3) is 21.9 Å². The van der Waals surface area contributed by atoms with E-state index in [4.69, 9.17) is 28.2 Å². The molecule has 3 heterocycles. The van der Waals surface area contributed by atoms with Gasteiger partial charge in [-0.25, -0.2) is 9.37 Å². The fourth-order valence-electron chi connectivity index (χ4n) is 7.86. The number of ether oxygens (including phenoxy) is 4. The van der Waals surface area contributed by atoms with Crippen LogP contribution in [0.25, 0.3) is 17.4 Å². The Morgan fingerprint density at radius 3 is 2.20 bits per heavy atom. The van der Waals surface area contributed by atoms with Gasteiger partial charge in [-0.2, -0.15) is 8.42 Å². The van der Waals surface area contributed by atoms with Crippen LogP contribution in [0.3, 0.4) is 0 Å². The molecule has 65 heavy (non-hydrogen) atoms. The zero-order valence-electron chi connectivity index (χ0n) is 38.9. The molecular weight excluding hydrogens is 855 g/mol. The summed E-state index contributed by atoms with van der Waals surface area (Å²) < 4.78 is 64.8. The number of hydrogen-bond donors (Lipinski definition) is 1. The van der Waals surface area contributed by atoms with Crippen LogP contribution in [0.4, 0.5) is 5.69 Å². The first-order chi connectivity index (χ1) is 30.9. The second kappa shape index (κ2) is 23.5. The number of nitrogens with zero attached hydrogens (tertiary/aromatic N) is 3. The average molecular weight is 921 g/mol. The Hall–Kier alpha value is -4.97. The quantitative estimate of drug-likeness (QED) is 0.0326. The maximum absolute atomic E-state index is 12.4. The highest BCUT2D eigenvalue weighted by molar-refractivity contribution is 7.85. The number of imide groups is 1. The van der Waals surface area contributed by atoms with Crippen LogP contribution in [0, 0.1) is 0 Å². The van der Waals surface area contributed by atoms with Gasteiger partial charge in [-0.1, -0.05) is 59.3 Å². The van der Waals surface area contributed by atoms with E-state index in [1.165, 1.54) is 12.1 Å². The Kier molecular flexibility index (Phi) is 18.4. The van der Waals surface area contributed by atoms with Gasteiger partial charge in [0, 0.05) is 61.3 Å². The first-order valence-corrected chi connectivity index (χ1v) is 23.8. The third-order valence-corrected chi connectivity index (χ3v) is 12.2. The highest BCUT2D eigenvalue weighted by Crippen LogP contribution is 2.48. The van der Waals surface area contributed by atoms with E-state index in [0.717, 1.165) is 45.7 Å². The summed E-state index contributed by atoms with van der Waals surface area (Å²) in [5, 5.41) is 1.60. The summed E-state index contributed by atoms with van der Waals surface area (Å²) in [6.45, 7) is 18.4. The molecule has 0 aromatic heterocycles. The molecule has 0 spiro atoms. The lowest BCUT2D eigenvalue weighted by Crippen LogP contribution is -2.33. The van der Waals surface area contributed by atoms with Crippen molar-refractivity contribution in [3.05, 3.63) is 94.7 Å². The molecular formula is C49H66N3O12S+. The lowest BCUT2D eigenvalue weighted by Gasteiger charge is -2.27. The maximum Gasteiger partial charge on any atom is 0.333 e. The molecule has 16 heteroatoms. The summed E-state index contributed by atoms with van der Waals surface area (Å²) in [5.41, 5.74) is 3.92. The van der Waals surface area contributed by atoms with Crippen molar-refractivity contribution in [2.75, 3.05) is 77.9 Å². The maximum atomic E-state index is 12.4. The molecule has 1 aliphatic carbocycles. The van der Waals surface area contributed by atoms with Crippen LogP contribution >= 0.6 is 0 Å². The molecule has 1 aromatic rings. The largest absolute Gasteiger partial charge is 0.456 e. The van der Waals surface area contributed by atoms with E-state index in [1.807, 2.05) is 44.2 Å². The monoisotopic (exact) mass is 920 g/mol. The highest BCUT2D eigenvalue weighted by atomic mass is 32.2. The standard InChI is InChI=1S/C49H65N3O12S/c1-8-50(25-26-60-29-30-62-32-31-61-28-27-59-7)36-18-20-39-40(48(2,3)4)34-37(63-43(39)33-36)15-11-9-12-16-44-49(5,6)41-35-38(65(56,57)58)19-21-42(41)51(44)24-14-10-13-17-47(55)64-52-45(53)22-23-46(52)54/h9,11-12,15-16,18-21,33-35H,8,10,13-14,17,22-32H2,1-7H3/p+1. The van der Waals surface area contributed by atoms with E-state index >= 15 is 0 Å². The normalized spacial score (nSPS) is 16.5. The second-order valence-electron chi connectivity index (χ2n) is 17.5. The number of amides is 2. The van der Waals surface area contributed by atoms with E-state index in [9.17, 15) is 27.4 Å². The van der Waals surface area contributed by atoms with Gasteiger partial charge in [0.2, 0.25) is 5.36 Å². The number of likely N-dealkylation sites (N-methyl/N-ethyl adjacent to an activating group) is 1. The second-order valence-corrected chi connectivity index (χ2v) is 18.9. The van der Waals surface area contributed by atoms with Crippen molar-refractivity contribution < 1.29 is 55.6 Å². The number of carbonyl (C=O) groups excluding carboxylic acids is 3. The molecule has 1 saturated heterocycles. The Bertz CT molecular complexity index is 2360. The van der Waals surface area contributed by atoms with Gasteiger partial charge in [-0.15, -0.1) is 5.06 Å². The molecule has 1 N–H and O–H groups in total. The van der Waals surface area contributed by atoms with E-state index < -0.39 is 33.3 Å². The van der Waals surface area contributed by atoms with Crippen molar-refractivity contribution in [3.8, 4) is 11.3 Å². The van der Waals surface area contributed by atoms with Gasteiger partial charge in [-0.05, 0) is 78.8 Å². The molecule has 0 unspecified atom stereocenters. The van der Waals surface area contributed by atoms with E-state index in [0.29, 0.717) is 89.4 Å². The molecule has 0 saturated carbocycles. The zero-order valence-corrected chi connectivity index (χ0v) is 39.7. The van der Waals surface area contributed by atoms with Crippen LogP contribution in [0.1, 0.15) is 97.0 Å². The molecule has 0 atom stereocenters. The third kappa shape index (κ3) is 14.0. The molecule has 0 bridgehead atoms. The summed E-state index contributed by atoms with van der Waals surface area (Å²) in [7, 11) is -2.79. The summed E-state index contributed by atoms with van der Waals surface area (Å²) in [6.07, 6.45) is 11.6. The summed E-state index contributed by atoms with van der Waals surface area (Å²) in [4.78, 5) is 43.0. The van der Waals surface area contributed by atoms with E-state index in [2.05, 4.69) is 61.4 Å². The predicted octanol–water partition coefficient (Wildman–Crippen LogP) is 6.84. The number of carbonyl (C=O) groups is 3. The minimum Gasteiger partial charge on any atom is -0.456 e. The van der Waals surface area contributed by atoms with Gasteiger partial charge < -0.3 is 33.1 Å². The minimum absolute atomic E-state index is 0.0366. The number of unbranched alkanes of at least 4 members (excludes halogenated alkanes) is 2. The Balaban J connectivity index is 1.29.